The molecule has 0 radical (unpaired) electrons. The van der Waals surface area contributed by atoms with Crippen LogP contribution >= 0.6 is 15.9 Å². The summed E-state index contributed by atoms with van der Waals surface area (Å²) in [6.07, 6.45) is 3.91. The molecule has 94 valence electrons. The highest BCUT2D eigenvalue weighted by atomic mass is 79.9. The third kappa shape index (κ3) is 2.26. The van der Waals surface area contributed by atoms with E-state index < -0.39 is 0 Å². The molecule has 2 heteroatoms. The van der Waals surface area contributed by atoms with E-state index in [0.717, 1.165) is 17.7 Å². The molecule has 1 saturated carbocycles. The summed E-state index contributed by atoms with van der Waals surface area (Å²) in [6, 6.07) is 14.7. The lowest BCUT2D eigenvalue weighted by Crippen LogP contribution is -2.37. The van der Waals surface area contributed by atoms with Crippen LogP contribution in [0.15, 0.2) is 42.5 Å². The van der Waals surface area contributed by atoms with Gasteiger partial charge in [-0.15, -0.1) is 0 Å². The van der Waals surface area contributed by atoms with Crippen molar-refractivity contribution < 1.29 is 4.74 Å². The molecule has 0 atom stereocenters. The van der Waals surface area contributed by atoms with Gasteiger partial charge in [-0.2, -0.15) is 0 Å². The summed E-state index contributed by atoms with van der Waals surface area (Å²) in [6.45, 7) is 0.830. The van der Waals surface area contributed by atoms with E-state index in [2.05, 4.69) is 58.4 Å². The van der Waals surface area contributed by atoms with E-state index in [9.17, 15) is 0 Å². The van der Waals surface area contributed by atoms with Crippen LogP contribution in [0.25, 0.3) is 10.8 Å². The summed E-state index contributed by atoms with van der Waals surface area (Å²) in [5.74, 6) is 0.987. The maximum Gasteiger partial charge on any atom is 0.119 e. The lowest BCUT2D eigenvalue weighted by molar-refractivity contribution is 0.0839. The molecular formula is C16H17BrO. The molecule has 0 N–H and O–H groups in total. The summed E-state index contributed by atoms with van der Waals surface area (Å²) in [5.41, 5.74) is 0.381. The summed E-state index contributed by atoms with van der Waals surface area (Å²) in [7, 11) is 0. The van der Waals surface area contributed by atoms with Crippen molar-refractivity contribution in [3.8, 4) is 5.75 Å². The van der Waals surface area contributed by atoms with Gasteiger partial charge >= 0.3 is 0 Å². The van der Waals surface area contributed by atoms with Crippen LogP contribution in [0.4, 0.5) is 0 Å². The first-order chi connectivity index (χ1) is 8.81. The topological polar surface area (TPSA) is 9.23 Å². The smallest absolute Gasteiger partial charge is 0.119 e. The van der Waals surface area contributed by atoms with E-state index in [4.69, 9.17) is 4.74 Å². The second kappa shape index (κ2) is 4.93. The SMILES string of the molecule is BrCC1(COc2ccc3ccccc3c2)CCC1. The highest BCUT2D eigenvalue weighted by Gasteiger charge is 2.36. The van der Waals surface area contributed by atoms with E-state index in [-0.39, 0.29) is 0 Å². The minimum absolute atomic E-state index is 0.381. The standard InChI is InChI=1S/C16H17BrO/c17-11-16(8-3-9-16)12-18-15-7-6-13-4-1-2-5-14(13)10-15/h1-2,4-7,10H,3,8-9,11-12H2. The summed E-state index contributed by atoms with van der Waals surface area (Å²) < 4.78 is 5.98. The fraction of sp³-hybridized carbons (Fsp3) is 0.375. The Bertz CT molecular complexity index is 540. The van der Waals surface area contributed by atoms with Crippen LogP contribution in [0, 0.1) is 5.41 Å². The normalized spacial score (nSPS) is 17.4. The highest BCUT2D eigenvalue weighted by molar-refractivity contribution is 9.09. The lowest BCUT2D eigenvalue weighted by Gasteiger charge is -2.39. The molecule has 18 heavy (non-hydrogen) atoms. The largest absolute Gasteiger partial charge is 0.493 e. The Labute approximate surface area is 116 Å². The second-order valence-corrected chi connectivity index (χ2v) is 5.85. The molecule has 0 aromatic heterocycles. The van der Waals surface area contributed by atoms with Gasteiger partial charge in [0.25, 0.3) is 0 Å². The third-order valence-corrected chi connectivity index (χ3v) is 5.15. The van der Waals surface area contributed by atoms with E-state index in [1.54, 1.807) is 0 Å². The van der Waals surface area contributed by atoms with Crippen molar-refractivity contribution in [3.05, 3.63) is 42.5 Å². The van der Waals surface area contributed by atoms with Gasteiger partial charge in [-0.25, -0.2) is 0 Å². The Hall–Kier alpha value is -1.02. The van der Waals surface area contributed by atoms with Crippen molar-refractivity contribution >= 4 is 26.7 Å². The minimum atomic E-state index is 0.381. The maximum atomic E-state index is 5.98. The zero-order chi connectivity index (χ0) is 12.4. The van der Waals surface area contributed by atoms with Gasteiger partial charge in [0.2, 0.25) is 0 Å². The van der Waals surface area contributed by atoms with Crippen LogP contribution in [-0.2, 0) is 0 Å². The number of alkyl halides is 1. The van der Waals surface area contributed by atoms with Crippen molar-refractivity contribution in [2.75, 3.05) is 11.9 Å². The van der Waals surface area contributed by atoms with Crippen LogP contribution in [0.2, 0.25) is 0 Å². The number of ether oxygens (including phenoxy) is 1. The minimum Gasteiger partial charge on any atom is -0.493 e. The zero-order valence-corrected chi connectivity index (χ0v) is 11.9. The van der Waals surface area contributed by atoms with Crippen molar-refractivity contribution in [2.45, 2.75) is 19.3 Å². The molecule has 0 heterocycles. The summed E-state index contributed by atoms with van der Waals surface area (Å²) in [4.78, 5) is 0. The molecule has 1 fully saturated rings. The van der Waals surface area contributed by atoms with E-state index in [0.29, 0.717) is 5.41 Å². The molecule has 0 spiro atoms. The quantitative estimate of drug-likeness (QED) is 0.738. The monoisotopic (exact) mass is 304 g/mol. The van der Waals surface area contributed by atoms with Gasteiger partial charge in [0.15, 0.2) is 0 Å². The van der Waals surface area contributed by atoms with Crippen molar-refractivity contribution in [2.24, 2.45) is 5.41 Å². The Balaban J connectivity index is 1.74. The number of benzene rings is 2. The van der Waals surface area contributed by atoms with Crippen LogP contribution < -0.4 is 4.74 Å². The number of rotatable bonds is 4. The molecular weight excluding hydrogens is 288 g/mol. The van der Waals surface area contributed by atoms with E-state index in [1.165, 1.54) is 30.0 Å². The summed E-state index contributed by atoms with van der Waals surface area (Å²) >= 11 is 3.62. The molecule has 0 amide bonds. The van der Waals surface area contributed by atoms with Crippen LogP contribution in [0.5, 0.6) is 5.75 Å². The predicted octanol–water partition coefficient (Wildman–Crippen LogP) is 4.78. The van der Waals surface area contributed by atoms with Crippen molar-refractivity contribution in [1.29, 1.82) is 0 Å². The zero-order valence-electron chi connectivity index (χ0n) is 10.4. The number of fused-ring (bicyclic) bond motifs is 1. The number of hydrogen-bond donors (Lipinski definition) is 0. The first-order valence-electron chi connectivity index (χ1n) is 6.49. The Morgan fingerprint density at radius 1 is 1.06 bits per heavy atom. The van der Waals surface area contributed by atoms with Gasteiger partial charge in [0.05, 0.1) is 6.61 Å². The first-order valence-corrected chi connectivity index (χ1v) is 7.61. The van der Waals surface area contributed by atoms with Gasteiger partial charge < -0.3 is 4.74 Å². The maximum absolute atomic E-state index is 5.98. The number of halogens is 1. The number of hydrogen-bond acceptors (Lipinski definition) is 1. The van der Waals surface area contributed by atoms with Gasteiger partial charge in [-0.3, -0.25) is 0 Å². The average Bonchev–Trinajstić information content (AvgIpc) is 2.38. The van der Waals surface area contributed by atoms with Crippen molar-refractivity contribution in [1.82, 2.24) is 0 Å². The average molecular weight is 305 g/mol. The molecule has 1 aliphatic rings. The molecule has 1 nitrogen and oxygen atoms in total. The van der Waals surface area contributed by atoms with E-state index in [1.807, 2.05) is 0 Å². The fourth-order valence-electron chi connectivity index (χ4n) is 2.49. The second-order valence-electron chi connectivity index (χ2n) is 5.28. The van der Waals surface area contributed by atoms with Gasteiger partial charge in [0.1, 0.15) is 5.75 Å². The molecule has 0 saturated heterocycles. The van der Waals surface area contributed by atoms with Gasteiger partial charge in [-0.1, -0.05) is 52.7 Å². The molecule has 3 rings (SSSR count). The van der Waals surface area contributed by atoms with Crippen LogP contribution in [-0.4, -0.2) is 11.9 Å². The Kier molecular flexibility index (Phi) is 3.29. The fourth-order valence-corrected chi connectivity index (χ4v) is 3.21. The highest BCUT2D eigenvalue weighted by Crippen LogP contribution is 2.42. The molecule has 0 bridgehead atoms. The molecule has 0 aliphatic heterocycles. The first kappa shape index (κ1) is 12.0. The third-order valence-electron chi connectivity index (χ3n) is 3.96. The molecule has 0 unspecified atom stereocenters. The summed E-state index contributed by atoms with van der Waals surface area (Å²) in [5, 5.41) is 3.56. The molecule has 2 aromatic carbocycles. The molecule has 2 aromatic rings. The predicted molar refractivity (Wildman–Crippen MR) is 79.5 cm³/mol. The lowest BCUT2D eigenvalue weighted by atomic mass is 9.71. The van der Waals surface area contributed by atoms with E-state index >= 15 is 0 Å². The van der Waals surface area contributed by atoms with Gasteiger partial charge in [-0.05, 0) is 35.7 Å². The Morgan fingerprint density at radius 3 is 2.50 bits per heavy atom. The van der Waals surface area contributed by atoms with Crippen LogP contribution in [0.3, 0.4) is 0 Å². The van der Waals surface area contributed by atoms with Gasteiger partial charge in [0, 0.05) is 10.7 Å². The molecule has 1 aliphatic carbocycles. The van der Waals surface area contributed by atoms with Crippen LogP contribution in [0.1, 0.15) is 19.3 Å². The van der Waals surface area contributed by atoms with Crippen molar-refractivity contribution in [3.63, 3.8) is 0 Å². The Morgan fingerprint density at radius 2 is 1.83 bits per heavy atom.